The molecule has 25 heavy (non-hydrogen) atoms. The van der Waals surface area contributed by atoms with Gasteiger partial charge in [0.05, 0.1) is 10.5 Å². The summed E-state index contributed by atoms with van der Waals surface area (Å²) in [6, 6.07) is 12.7. The molecule has 1 N–H and O–H groups in total. The molecule has 0 aliphatic heterocycles. The van der Waals surface area contributed by atoms with Gasteiger partial charge in [0, 0.05) is 29.6 Å². The lowest BCUT2D eigenvalue weighted by Gasteiger charge is -2.22. The van der Waals surface area contributed by atoms with Gasteiger partial charge in [-0.2, -0.15) is 0 Å². The molecule has 2 aromatic carbocycles. The Kier molecular flexibility index (Phi) is 4.84. The summed E-state index contributed by atoms with van der Waals surface area (Å²) >= 11 is 12.5. The first-order chi connectivity index (χ1) is 11.9. The standard InChI is InChI=1S/C19H16Cl2N2O2/c1-3-23(2)18-16(19(24)25)15(11-7-5-4-6-8-11)13-9-12(20)10-14(21)17(13)22-18/h4-10H,3H2,1-2H3,(H,24,25). The molecule has 0 bridgehead atoms. The Morgan fingerprint density at radius 3 is 2.48 bits per heavy atom. The fraction of sp³-hybridized carbons (Fsp3) is 0.158. The van der Waals surface area contributed by atoms with E-state index in [9.17, 15) is 9.90 Å². The lowest BCUT2D eigenvalue weighted by molar-refractivity contribution is 0.0698. The number of aromatic nitrogens is 1. The van der Waals surface area contributed by atoms with Gasteiger partial charge in [0.2, 0.25) is 0 Å². The number of anilines is 1. The Hall–Kier alpha value is -2.30. The minimum Gasteiger partial charge on any atom is -0.478 e. The van der Waals surface area contributed by atoms with Gasteiger partial charge in [0.25, 0.3) is 0 Å². The number of nitrogens with zero attached hydrogens (tertiary/aromatic N) is 2. The monoisotopic (exact) mass is 374 g/mol. The van der Waals surface area contributed by atoms with E-state index in [1.54, 1.807) is 24.1 Å². The van der Waals surface area contributed by atoms with Crippen LogP contribution in [0.15, 0.2) is 42.5 Å². The normalized spacial score (nSPS) is 10.9. The minimum absolute atomic E-state index is 0.140. The van der Waals surface area contributed by atoms with Gasteiger partial charge in [0.1, 0.15) is 11.4 Å². The predicted molar refractivity (Wildman–Crippen MR) is 103 cm³/mol. The number of carboxylic acid groups (broad SMARTS) is 1. The predicted octanol–water partition coefficient (Wildman–Crippen LogP) is 5.36. The van der Waals surface area contributed by atoms with Crippen molar-refractivity contribution >= 4 is 45.9 Å². The first kappa shape index (κ1) is 17.5. The number of hydrogen-bond donors (Lipinski definition) is 1. The molecule has 0 amide bonds. The molecule has 0 unspecified atom stereocenters. The van der Waals surface area contributed by atoms with E-state index in [4.69, 9.17) is 23.2 Å². The molecule has 6 heteroatoms. The van der Waals surface area contributed by atoms with Crippen LogP contribution < -0.4 is 4.90 Å². The lowest BCUT2D eigenvalue weighted by Crippen LogP contribution is -2.21. The summed E-state index contributed by atoms with van der Waals surface area (Å²) in [5.41, 5.74) is 2.01. The van der Waals surface area contributed by atoms with E-state index < -0.39 is 5.97 Å². The van der Waals surface area contributed by atoms with Gasteiger partial charge < -0.3 is 10.0 Å². The molecule has 1 heterocycles. The second kappa shape index (κ2) is 6.90. The van der Waals surface area contributed by atoms with E-state index >= 15 is 0 Å². The number of rotatable bonds is 4. The molecule has 4 nitrogen and oxygen atoms in total. The number of aromatic carboxylic acids is 1. The average Bonchev–Trinajstić information content (AvgIpc) is 2.60. The van der Waals surface area contributed by atoms with Gasteiger partial charge in [-0.25, -0.2) is 9.78 Å². The van der Waals surface area contributed by atoms with Crippen molar-refractivity contribution in [2.24, 2.45) is 0 Å². The first-order valence-corrected chi connectivity index (χ1v) is 8.52. The van der Waals surface area contributed by atoms with Crippen LogP contribution in [0.3, 0.4) is 0 Å². The van der Waals surface area contributed by atoms with E-state index in [0.717, 1.165) is 5.56 Å². The molecule has 0 radical (unpaired) electrons. The topological polar surface area (TPSA) is 53.4 Å². The van der Waals surface area contributed by atoms with E-state index in [2.05, 4.69) is 4.98 Å². The van der Waals surface area contributed by atoms with Crippen LogP contribution in [0.1, 0.15) is 17.3 Å². The highest BCUT2D eigenvalue weighted by Gasteiger charge is 2.24. The third kappa shape index (κ3) is 3.15. The minimum atomic E-state index is -1.04. The highest BCUT2D eigenvalue weighted by Crippen LogP contribution is 2.39. The Morgan fingerprint density at radius 1 is 1.20 bits per heavy atom. The Bertz CT molecular complexity index is 959. The zero-order valence-electron chi connectivity index (χ0n) is 13.8. The summed E-state index contributed by atoms with van der Waals surface area (Å²) < 4.78 is 0. The molecule has 3 rings (SSSR count). The fourth-order valence-electron chi connectivity index (χ4n) is 2.81. The summed E-state index contributed by atoms with van der Waals surface area (Å²) in [5.74, 6) is -0.662. The highest BCUT2D eigenvalue weighted by molar-refractivity contribution is 6.39. The SMILES string of the molecule is CCN(C)c1nc2c(Cl)cc(Cl)cc2c(-c2ccccc2)c1C(=O)O. The van der Waals surface area contributed by atoms with Crippen molar-refractivity contribution in [3.63, 3.8) is 0 Å². The quantitative estimate of drug-likeness (QED) is 0.667. The van der Waals surface area contributed by atoms with Crippen molar-refractivity contribution in [1.29, 1.82) is 0 Å². The maximum atomic E-state index is 12.1. The van der Waals surface area contributed by atoms with Crippen molar-refractivity contribution in [3.8, 4) is 11.1 Å². The van der Waals surface area contributed by atoms with Crippen LogP contribution in [-0.2, 0) is 0 Å². The molecule has 0 fully saturated rings. The van der Waals surface area contributed by atoms with Crippen molar-refractivity contribution < 1.29 is 9.90 Å². The Morgan fingerprint density at radius 2 is 1.88 bits per heavy atom. The van der Waals surface area contributed by atoms with E-state index in [0.29, 0.717) is 38.9 Å². The molecule has 1 aromatic heterocycles. The van der Waals surface area contributed by atoms with Gasteiger partial charge in [-0.05, 0) is 24.6 Å². The maximum absolute atomic E-state index is 12.1. The van der Waals surface area contributed by atoms with Crippen LogP contribution in [0.5, 0.6) is 0 Å². The van der Waals surface area contributed by atoms with Gasteiger partial charge in [-0.15, -0.1) is 0 Å². The molecular weight excluding hydrogens is 359 g/mol. The fourth-order valence-corrected chi connectivity index (χ4v) is 3.35. The van der Waals surface area contributed by atoms with Crippen LogP contribution in [-0.4, -0.2) is 29.7 Å². The third-order valence-electron chi connectivity index (χ3n) is 4.10. The number of pyridine rings is 1. The van der Waals surface area contributed by atoms with Crippen LogP contribution in [0.4, 0.5) is 5.82 Å². The average molecular weight is 375 g/mol. The van der Waals surface area contributed by atoms with E-state index in [-0.39, 0.29) is 5.56 Å². The number of fused-ring (bicyclic) bond motifs is 1. The van der Waals surface area contributed by atoms with Crippen molar-refractivity contribution in [2.75, 3.05) is 18.5 Å². The maximum Gasteiger partial charge on any atom is 0.340 e. The first-order valence-electron chi connectivity index (χ1n) is 7.76. The second-order valence-corrected chi connectivity index (χ2v) is 6.50. The number of benzene rings is 2. The van der Waals surface area contributed by atoms with Crippen LogP contribution in [0, 0.1) is 0 Å². The third-order valence-corrected chi connectivity index (χ3v) is 4.61. The van der Waals surface area contributed by atoms with Gasteiger partial charge >= 0.3 is 5.97 Å². The van der Waals surface area contributed by atoms with Crippen molar-refractivity contribution in [1.82, 2.24) is 4.98 Å². The van der Waals surface area contributed by atoms with Crippen LogP contribution in [0.2, 0.25) is 10.0 Å². The lowest BCUT2D eigenvalue weighted by atomic mass is 9.95. The summed E-state index contributed by atoms with van der Waals surface area (Å²) in [7, 11) is 1.80. The highest BCUT2D eigenvalue weighted by atomic mass is 35.5. The van der Waals surface area contributed by atoms with Gasteiger partial charge in [-0.1, -0.05) is 53.5 Å². The molecule has 0 aliphatic rings. The largest absolute Gasteiger partial charge is 0.478 e. The number of hydrogen-bond acceptors (Lipinski definition) is 3. The molecule has 0 spiro atoms. The zero-order chi connectivity index (χ0) is 18.1. The van der Waals surface area contributed by atoms with Gasteiger partial charge in [0.15, 0.2) is 0 Å². The number of carbonyl (C=O) groups is 1. The van der Waals surface area contributed by atoms with E-state index in [1.807, 2.05) is 37.3 Å². The molecule has 0 atom stereocenters. The zero-order valence-corrected chi connectivity index (χ0v) is 15.3. The molecule has 0 saturated heterocycles. The number of halogens is 2. The van der Waals surface area contributed by atoms with Crippen molar-refractivity contribution in [2.45, 2.75) is 6.92 Å². The van der Waals surface area contributed by atoms with E-state index in [1.165, 1.54) is 0 Å². The van der Waals surface area contributed by atoms with Crippen molar-refractivity contribution in [3.05, 3.63) is 58.1 Å². The Balaban J connectivity index is 2.55. The second-order valence-electron chi connectivity index (χ2n) is 5.65. The van der Waals surface area contributed by atoms with Gasteiger partial charge in [-0.3, -0.25) is 0 Å². The smallest absolute Gasteiger partial charge is 0.340 e. The summed E-state index contributed by atoms with van der Waals surface area (Å²) in [5, 5.41) is 11.4. The molecule has 0 aliphatic carbocycles. The molecule has 128 valence electrons. The van der Waals surface area contributed by atoms with Crippen LogP contribution >= 0.6 is 23.2 Å². The summed E-state index contributed by atoms with van der Waals surface area (Å²) in [6.45, 7) is 2.54. The molecule has 0 saturated carbocycles. The molecular formula is C19H16Cl2N2O2. The summed E-state index contributed by atoms with van der Waals surface area (Å²) in [6.07, 6.45) is 0. The Labute approximate surface area is 155 Å². The van der Waals surface area contributed by atoms with Crippen LogP contribution in [0.25, 0.3) is 22.0 Å². The molecule has 3 aromatic rings. The number of carboxylic acids is 1. The summed E-state index contributed by atoms with van der Waals surface area (Å²) in [4.78, 5) is 18.5.